The summed E-state index contributed by atoms with van der Waals surface area (Å²) >= 11 is 6.16. The Bertz CT molecular complexity index is 1200. The molecular weight excluding hydrogens is 382 g/mol. The second-order valence-corrected chi connectivity index (χ2v) is 6.35. The van der Waals surface area contributed by atoms with Crippen LogP contribution in [0.5, 0.6) is 0 Å². The maximum Gasteiger partial charge on any atom is 0.437 e. The number of aromatic nitrogens is 3. The molecule has 0 aliphatic rings. The van der Waals surface area contributed by atoms with E-state index in [9.17, 15) is 9.59 Å². The summed E-state index contributed by atoms with van der Waals surface area (Å²) in [5.41, 5.74) is 1.97. The van der Waals surface area contributed by atoms with Crippen molar-refractivity contribution in [2.75, 3.05) is 0 Å². The number of nitrogens with zero attached hydrogens (tertiary/aromatic N) is 3. The van der Waals surface area contributed by atoms with E-state index in [0.29, 0.717) is 11.1 Å². The predicted molar refractivity (Wildman–Crippen MR) is 103 cm³/mol. The van der Waals surface area contributed by atoms with Gasteiger partial charge < -0.3 is 9.15 Å². The van der Waals surface area contributed by atoms with E-state index in [1.54, 1.807) is 24.3 Å². The van der Waals surface area contributed by atoms with Crippen LogP contribution in [-0.4, -0.2) is 20.7 Å². The number of halogens is 1. The van der Waals surface area contributed by atoms with E-state index < -0.39 is 11.7 Å². The quantitative estimate of drug-likeness (QED) is 0.380. The summed E-state index contributed by atoms with van der Waals surface area (Å²) in [6.07, 6.45) is 0. The van der Waals surface area contributed by atoms with Crippen LogP contribution in [0.25, 0.3) is 22.4 Å². The van der Waals surface area contributed by atoms with E-state index in [1.807, 2.05) is 36.4 Å². The molecule has 2 aromatic heterocycles. The molecule has 0 fully saturated rings. The lowest BCUT2D eigenvalue weighted by Crippen LogP contribution is -2.23. The fraction of sp³-hybridized carbons (Fsp3) is 0.100. The Labute approximate surface area is 164 Å². The number of fused-ring (bicyclic) bond motifs is 1. The minimum atomic E-state index is -0.735. The molecule has 140 valence electrons. The van der Waals surface area contributed by atoms with Gasteiger partial charge in [0, 0.05) is 16.5 Å². The Morgan fingerprint density at radius 2 is 1.86 bits per heavy atom. The molecule has 0 aliphatic carbocycles. The van der Waals surface area contributed by atoms with Crippen LogP contribution in [0.4, 0.5) is 0 Å². The molecule has 2 heterocycles. The van der Waals surface area contributed by atoms with Crippen LogP contribution in [0.2, 0.25) is 5.15 Å². The topological polar surface area (TPSA) is 87.2 Å². The molecule has 2 aromatic carbocycles. The molecule has 0 N–H and O–H groups in total. The Hall–Kier alpha value is -3.45. The molecule has 0 aliphatic heterocycles. The van der Waals surface area contributed by atoms with Gasteiger partial charge in [0.2, 0.25) is 5.89 Å². The number of benzene rings is 2. The molecular formula is C20H14ClN3O4. The summed E-state index contributed by atoms with van der Waals surface area (Å²) in [6.45, 7) is -0.429. The van der Waals surface area contributed by atoms with Crippen molar-refractivity contribution in [1.29, 1.82) is 0 Å². The van der Waals surface area contributed by atoms with Gasteiger partial charge in [-0.1, -0.05) is 48.0 Å². The van der Waals surface area contributed by atoms with Crippen LogP contribution in [0.3, 0.4) is 0 Å². The number of rotatable bonds is 5. The second kappa shape index (κ2) is 7.66. The molecule has 0 saturated carbocycles. The lowest BCUT2D eigenvalue weighted by atomic mass is 10.2. The minimum absolute atomic E-state index is 0.0619. The van der Waals surface area contributed by atoms with Crippen molar-refractivity contribution >= 4 is 28.5 Å². The first-order valence-electron chi connectivity index (χ1n) is 8.43. The van der Waals surface area contributed by atoms with E-state index in [2.05, 4.69) is 10.1 Å². The fourth-order valence-corrected chi connectivity index (χ4v) is 2.87. The summed E-state index contributed by atoms with van der Waals surface area (Å²) in [7, 11) is 0. The predicted octanol–water partition coefficient (Wildman–Crippen LogP) is 3.45. The second-order valence-electron chi connectivity index (χ2n) is 5.99. The summed E-state index contributed by atoms with van der Waals surface area (Å²) in [6, 6.07) is 18.2. The normalized spacial score (nSPS) is 10.9. The zero-order chi connectivity index (χ0) is 19.5. The number of hydrogen-bond acceptors (Lipinski definition) is 6. The van der Waals surface area contributed by atoms with Crippen LogP contribution in [0.15, 0.2) is 69.9 Å². The number of esters is 1. The largest absolute Gasteiger partial charge is 0.459 e. The molecule has 0 radical (unpaired) electrons. The lowest BCUT2D eigenvalue weighted by molar-refractivity contribution is -0.146. The van der Waals surface area contributed by atoms with E-state index in [0.717, 1.165) is 15.6 Å². The molecule has 0 unspecified atom stereocenters. The summed E-state index contributed by atoms with van der Waals surface area (Å²) < 4.78 is 11.2. The van der Waals surface area contributed by atoms with Crippen molar-refractivity contribution < 1.29 is 13.9 Å². The Morgan fingerprint density at radius 1 is 1.11 bits per heavy atom. The number of carbonyl (C=O) groups is 1. The number of para-hydroxylation sites is 1. The number of carbonyl (C=O) groups excluding carboxylic acids is 1. The minimum Gasteiger partial charge on any atom is -0.459 e. The van der Waals surface area contributed by atoms with Crippen LogP contribution in [0, 0.1) is 0 Å². The van der Waals surface area contributed by atoms with Gasteiger partial charge in [0.15, 0.2) is 0 Å². The van der Waals surface area contributed by atoms with Gasteiger partial charge in [0.05, 0.1) is 5.52 Å². The first-order chi connectivity index (χ1) is 13.6. The van der Waals surface area contributed by atoms with Gasteiger partial charge in [-0.2, -0.15) is 4.68 Å². The standard InChI is InChI=1S/C20H14ClN3O4/c21-18-15(10-14-8-4-5-9-16(14)22-18)12-27-17(25)11-24-20(26)28-19(23-24)13-6-2-1-3-7-13/h1-10H,11-12H2. The highest BCUT2D eigenvalue weighted by Crippen LogP contribution is 2.21. The highest BCUT2D eigenvalue weighted by atomic mass is 35.5. The Kier molecular flexibility index (Phi) is 4.90. The van der Waals surface area contributed by atoms with Gasteiger partial charge in [-0.05, 0) is 24.3 Å². The van der Waals surface area contributed by atoms with Gasteiger partial charge in [-0.25, -0.2) is 9.78 Å². The highest BCUT2D eigenvalue weighted by molar-refractivity contribution is 6.30. The monoisotopic (exact) mass is 395 g/mol. The fourth-order valence-electron chi connectivity index (χ4n) is 2.67. The molecule has 0 atom stereocenters. The van der Waals surface area contributed by atoms with Gasteiger partial charge in [0.1, 0.15) is 18.3 Å². The zero-order valence-corrected chi connectivity index (χ0v) is 15.3. The third kappa shape index (κ3) is 3.79. The average Bonchev–Trinajstić information content (AvgIpc) is 3.07. The van der Waals surface area contributed by atoms with Crippen molar-refractivity contribution in [3.8, 4) is 11.5 Å². The Morgan fingerprint density at radius 3 is 2.68 bits per heavy atom. The maximum absolute atomic E-state index is 12.1. The number of pyridine rings is 1. The van der Waals surface area contributed by atoms with Crippen molar-refractivity contribution in [3.63, 3.8) is 0 Å². The third-order valence-electron chi connectivity index (χ3n) is 4.04. The molecule has 4 rings (SSSR count). The van der Waals surface area contributed by atoms with E-state index in [4.69, 9.17) is 20.8 Å². The molecule has 7 nitrogen and oxygen atoms in total. The van der Waals surface area contributed by atoms with E-state index >= 15 is 0 Å². The van der Waals surface area contributed by atoms with Crippen LogP contribution in [-0.2, 0) is 22.7 Å². The van der Waals surface area contributed by atoms with Crippen LogP contribution in [0.1, 0.15) is 5.56 Å². The SMILES string of the molecule is O=C(Cn1nc(-c2ccccc2)oc1=O)OCc1cc2ccccc2nc1Cl. The maximum atomic E-state index is 12.1. The van der Waals surface area contributed by atoms with Gasteiger partial charge >= 0.3 is 11.7 Å². The molecule has 0 amide bonds. The summed E-state index contributed by atoms with van der Waals surface area (Å²) in [5, 5.41) is 5.18. The molecule has 0 spiro atoms. The van der Waals surface area contributed by atoms with Gasteiger partial charge in [0.25, 0.3) is 0 Å². The van der Waals surface area contributed by atoms with Gasteiger partial charge in [-0.3, -0.25) is 4.79 Å². The first kappa shape index (κ1) is 17.9. The number of hydrogen-bond donors (Lipinski definition) is 0. The zero-order valence-electron chi connectivity index (χ0n) is 14.5. The van der Waals surface area contributed by atoms with Crippen LogP contribution >= 0.6 is 11.6 Å². The molecule has 4 aromatic rings. The van der Waals surface area contributed by atoms with Crippen molar-refractivity contribution in [3.05, 3.63) is 81.9 Å². The van der Waals surface area contributed by atoms with Gasteiger partial charge in [-0.15, -0.1) is 5.10 Å². The highest BCUT2D eigenvalue weighted by Gasteiger charge is 2.15. The first-order valence-corrected chi connectivity index (χ1v) is 8.81. The summed E-state index contributed by atoms with van der Waals surface area (Å²) in [5.74, 6) is -1.24. The molecule has 28 heavy (non-hydrogen) atoms. The van der Waals surface area contributed by atoms with Crippen molar-refractivity contribution in [2.24, 2.45) is 0 Å². The Balaban J connectivity index is 1.45. The third-order valence-corrected chi connectivity index (χ3v) is 4.37. The van der Waals surface area contributed by atoms with Crippen molar-refractivity contribution in [2.45, 2.75) is 13.2 Å². The van der Waals surface area contributed by atoms with Crippen LogP contribution < -0.4 is 5.76 Å². The smallest absolute Gasteiger partial charge is 0.437 e. The molecule has 0 saturated heterocycles. The van der Waals surface area contributed by atoms with Crippen molar-refractivity contribution in [1.82, 2.24) is 14.8 Å². The van der Waals surface area contributed by atoms with E-state index in [1.165, 1.54) is 0 Å². The molecule has 0 bridgehead atoms. The lowest BCUT2D eigenvalue weighted by Gasteiger charge is -2.07. The number of ether oxygens (including phenoxy) is 1. The van der Waals surface area contributed by atoms with E-state index in [-0.39, 0.29) is 24.2 Å². The molecule has 8 heteroatoms. The summed E-state index contributed by atoms with van der Waals surface area (Å²) in [4.78, 5) is 28.3. The average molecular weight is 396 g/mol.